The normalized spacial score (nSPS) is 14.0. The monoisotopic (exact) mass is 237 g/mol. The number of carbonyl (C=O) groups excluding carboxylic acids is 1. The lowest BCUT2D eigenvalue weighted by molar-refractivity contribution is 0.1000. The molecule has 0 atom stereocenters. The number of hydrogen-bond donors (Lipinski definition) is 1. The van der Waals surface area contributed by atoms with Crippen molar-refractivity contribution in [2.24, 2.45) is 4.99 Å². The Kier molecular flexibility index (Phi) is 2.45. The van der Waals surface area contributed by atoms with Crippen LogP contribution < -0.4 is 0 Å². The van der Waals surface area contributed by atoms with Crippen LogP contribution in [0.25, 0.3) is 0 Å². The van der Waals surface area contributed by atoms with Gasteiger partial charge in [0.05, 0.1) is 5.71 Å². The smallest absolute Gasteiger partial charge is 0.277 e. The van der Waals surface area contributed by atoms with Gasteiger partial charge < -0.3 is 5.11 Å². The van der Waals surface area contributed by atoms with Crippen molar-refractivity contribution >= 4 is 11.6 Å². The van der Waals surface area contributed by atoms with E-state index in [0.29, 0.717) is 23.3 Å². The summed E-state index contributed by atoms with van der Waals surface area (Å²) in [5.41, 5.74) is 2.85. The molecule has 0 radical (unpaired) electrons. The number of para-hydroxylation sites is 1. The molecule has 1 N–H and O–H groups in total. The Morgan fingerprint density at radius 3 is 2.39 bits per heavy atom. The fourth-order valence-corrected chi connectivity index (χ4v) is 2.16. The predicted molar refractivity (Wildman–Crippen MR) is 69.1 cm³/mol. The van der Waals surface area contributed by atoms with Crippen molar-refractivity contribution in [3.05, 3.63) is 65.2 Å². The van der Waals surface area contributed by atoms with Crippen LogP contribution in [-0.2, 0) is 6.42 Å². The predicted octanol–water partition coefficient (Wildman–Crippen LogP) is 2.58. The summed E-state index contributed by atoms with van der Waals surface area (Å²) < 4.78 is 0. The fourth-order valence-electron chi connectivity index (χ4n) is 2.16. The fraction of sp³-hybridized carbons (Fsp3) is 0.0667. The molecule has 1 heterocycles. The molecule has 3 heteroatoms. The summed E-state index contributed by atoms with van der Waals surface area (Å²) in [5.74, 6) is -0.0847. The third-order valence-electron chi connectivity index (χ3n) is 3.06. The van der Waals surface area contributed by atoms with Crippen LogP contribution >= 0.6 is 0 Å². The van der Waals surface area contributed by atoms with Crippen molar-refractivity contribution in [1.82, 2.24) is 0 Å². The van der Waals surface area contributed by atoms with Gasteiger partial charge in [-0.1, -0.05) is 30.3 Å². The van der Waals surface area contributed by atoms with Crippen LogP contribution in [0.3, 0.4) is 0 Å². The van der Waals surface area contributed by atoms with Crippen LogP contribution in [0.1, 0.15) is 21.5 Å². The Bertz CT molecular complexity index is 659. The van der Waals surface area contributed by atoms with E-state index in [2.05, 4.69) is 4.99 Å². The van der Waals surface area contributed by atoms with Crippen molar-refractivity contribution < 1.29 is 9.90 Å². The van der Waals surface area contributed by atoms with E-state index in [1.54, 1.807) is 24.3 Å². The quantitative estimate of drug-likeness (QED) is 0.828. The second kappa shape index (κ2) is 4.11. The maximum absolute atomic E-state index is 11.9. The van der Waals surface area contributed by atoms with Gasteiger partial charge in [0.1, 0.15) is 5.75 Å². The Morgan fingerprint density at radius 1 is 0.944 bits per heavy atom. The molecule has 0 bridgehead atoms. The van der Waals surface area contributed by atoms with Gasteiger partial charge >= 0.3 is 0 Å². The van der Waals surface area contributed by atoms with E-state index >= 15 is 0 Å². The lowest BCUT2D eigenvalue weighted by atomic mass is 9.94. The van der Waals surface area contributed by atoms with Gasteiger partial charge in [0.25, 0.3) is 5.91 Å². The number of rotatable bonds is 1. The summed E-state index contributed by atoms with van der Waals surface area (Å²) in [7, 11) is 0. The topological polar surface area (TPSA) is 49.7 Å². The standard InChI is InChI=1S/C15H11NO2/c17-14-8-4-3-7-12(14)13-9-10-5-1-2-6-11(10)15(18)16-13/h1-8,17H,9H2. The molecule has 2 aromatic rings. The van der Waals surface area contributed by atoms with E-state index in [9.17, 15) is 9.90 Å². The van der Waals surface area contributed by atoms with E-state index in [0.717, 1.165) is 5.56 Å². The highest BCUT2D eigenvalue weighted by molar-refractivity contribution is 6.15. The summed E-state index contributed by atoms with van der Waals surface area (Å²) in [6.07, 6.45) is 0.569. The zero-order valence-corrected chi connectivity index (χ0v) is 9.63. The van der Waals surface area contributed by atoms with Crippen LogP contribution in [0, 0.1) is 0 Å². The molecule has 1 amide bonds. The van der Waals surface area contributed by atoms with Gasteiger partial charge in [-0.3, -0.25) is 4.79 Å². The molecular formula is C15H11NO2. The number of phenolic OH excluding ortho intramolecular Hbond substituents is 1. The largest absolute Gasteiger partial charge is 0.507 e. The molecule has 3 nitrogen and oxygen atoms in total. The van der Waals surface area contributed by atoms with Crippen LogP contribution in [-0.4, -0.2) is 16.7 Å². The second-order valence-corrected chi connectivity index (χ2v) is 4.21. The summed E-state index contributed by atoms with van der Waals surface area (Å²) in [6.45, 7) is 0. The van der Waals surface area contributed by atoms with Crippen molar-refractivity contribution in [2.75, 3.05) is 0 Å². The maximum atomic E-state index is 11.9. The Hall–Kier alpha value is -2.42. The first-order chi connectivity index (χ1) is 8.75. The Morgan fingerprint density at radius 2 is 1.61 bits per heavy atom. The Balaban J connectivity index is 2.08. The molecule has 0 unspecified atom stereocenters. The number of carbonyl (C=O) groups is 1. The van der Waals surface area contributed by atoms with E-state index in [-0.39, 0.29) is 11.7 Å². The lowest BCUT2D eigenvalue weighted by Crippen LogP contribution is -2.17. The summed E-state index contributed by atoms with van der Waals surface area (Å²) in [6, 6.07) is 14.4. The van der Waals surface area contributed by atoms with E-state index in [4.69, 9.17) is 0 Å². The molecule has 18 heavy (non-hydrogen) atoms. The number of nitrogens with zero attached hydrogens (tertiary/aromatic N) is 1. The number of hydrogen-bond acceptors (Lipinski definition) is 2. The van der Waals surface area contributed by atoms with E-state index in [1.807, 2.05) is 24.3 Å². The van der Waals surface area contributed by atoms with Crippen molar-refractivity contribution in [1.29, 1.82) is 0 Å². The van der Waals surface area contributed by atoms with Crippen LogP contribution in [0.4, 0.5) is 0 Å². The third-order valence-corrected chi connectivity index (χ3v) is 3.06. The highest BCUT2D eigenvalue weighted by Gasteiger charge is 2.20. The van der Waals surface area contributed by atoms with Crippen molar-refractivity contribution in [2.45, 2.75) is 6.42 Å². The van der Waals surface area contributed by atoms with Gasteiger partial charge in [-0.05, 0) is 23.8 Å². The van der Waals surface area contributed by atoms with Gasteiger partial charge in [0, 0.05) is 17.5 Å². The van der Waals surface area contributed by atoms with E-state index < -0.39 is 0 Å². The SMILES string of the molecule is O=C1N=C(c2ccccc2O)Cc2ccccc21. The molecule has 0 aromatic heterocycles. The summed E-state index contributed by atoms with van der Waals surface area (Å²) in [5, 5.41) is 9.80. The number of aliphatic imine (C=N–C) groups is 1. The number of fused-ring (bicyclic) bond motifs is 1. The van der Waals surface area contributed by atoms with Crippen molar-refractivity contribution in [3.8, 4) is 5.75 Å². The molecule has 0 spiro atoms. The van der Waals surface area contributed by atoms with E-state index in [1.165, 1.54) is 0 Å². The third kappa shape index (κ3) is 1.70. The second-order valence-electron chi connectivity index (χ2n) is 4.21. The zero-order valence-electron chi connectivity index (χ0n) is 9.63. The number of amides is 1. The first-order valence-corrected chi connectivity index (χ1v) is 5.74. The van der Waals surface area contributed by atoms with Gasteiger partial charge in [0.2, 0.25) is 0 Å². The lowest BCUT2D eigenvalue weighted by Gasteiger charge is -2.15. The van der Waals surface area contributed by atoms with Crippen LogP contribution in [0.5, 0.6) is 5.75 Å². The summed E-state index contributed by atoms with van der Waals surface area (Å²) in [4.78, 5) is 16.0. The van der Waals surface area contributed by atoms with Gasteiger partial charge in [-0.15, -0.1) is 0 Å². The molecule has 0 saturated heterocycles. The molecule has 3 rings (SSSR count). The molecule has 2 aromatic carbocycles. The molecule has 1 aliphatic rings. The highest BCUT2D eigenvalue weighted by Crippen LogP contribution is 2.24. The molecule has 0 saturated carbocycles. The average molecular weight is 237 g/mol. The average Bonchev–Trinajstić information content (AvgIpc) is 2.39. The molecule has 1 aliphatic heterocycles. The number of benzene rings is 2. The first-order valence-electron chi connectivity index (χ1n) is 5.74. The summed E-state index contributed by atoms with van der Waals surface area (Å²) >= 11 is 0. The molecule has 0 aliphatic carbocycles. The van der Waals surface area contributed by atoms with Crippen LogP contribution in [0.15, 0.2) is 53.5 Å². The molecule has 88 valence electrons. The number of phenols is 1. The van der Waals surface area contributed by atoms with Gasteiger partial charge in [-0.2, -0.15) is 0 Å². The minimum atomic E-state index is -0.241. The zero-order chi connectivity index (χ0) is 12.5. The van der Waals surface area contributed by atoms with Gasteiger partial charge in [-0.25, -0.2) is 4.99 Å². The maximum Gasteiger partial charge on any atom is 0.277 e. The molecule has 0 fully saturated rings. The highest BCUT2D eigenvalue weighted by atomic mass is 16.3. The minimum Gasteiger partial charge on any atom is -0.507 e. The van der Waals surface area contributed by atoms with Crippen LogP contribution in [0.2, 0.25) is 0 Å². The first kappa shape index (κ1) is 10.7. The molecular weight excluding hydrogens is 226 g/mol. The minimum absolute atomic E-state index is 0.156. The number of aromatic hydroxyl groups is 1. The Labute approximate surface area is 104 Å². The van der Waals surface area contributed by atoms with Gasteiger partial charge in [0.15, 0.2) is 0 Å². The van der Waals surface area contributed by atoms with Crippen molar-refractivity contribution in [3.63, 3.8) is 0 Å².